The Labute approximate surface area is 195 Å². The maximum Gasteiger partial charge on any atom is 0.241 e. The number of hydrogen-bond acceptors (Lipinski definition) is 3. The molecule has 1 aliphatic rings. The number of amides is 1. The van der Waals surface area contributed by atoms with Crippen LogP contribution in [0.1, 0.15) is 53.5 Å². The molecule has 4 rings (SSSR count). The minimum Gasteiger partial charge on any atom is -0.358 e. The first-order chi connectivity index (χ1) is 15.5. The summed E-state index contributed by atoms with van der Waals surface area (Å²) in [7, 11) is 1.72. The zero-order chi connectivity index (χ0) is 22.7. The highest BCUT2D eigenvalue weighted by molar-refractivity contribution is 6.30. The molecule has 0 spiro atoms. The zero-order valence-electron chi connectivity index (χ0n) is 19.0. The molecular formula is C26H31ClN4O. The number of halogens is 1. The van der Waals surface area contributed by atoms with Crippen LogP contribution < -0.4 is 5.32 Å². The fourth-order valence-corrected chi connectivity index (χ4v) is 5.12. The number of rotatable bonds is 7. The van der Waals surface area contributed by atoms with E-state index in [1.54, 1.807) is 7.05 Å². The lowest BCUT2D eigenvalue weighted by Crippen LogP contribution is -2.45. The van der Waals surface area contributed by atoms with Gasteiger partial charge in [0.15, 0.2) is 0 Å². The van der Waals surface area contributed by atoms with E-state index in [9.17, 15) is 4.79 Å². The van der Waals surface area contributed by atoms with Gasteiger partial charge in [-0.15, -0.1) is 0 Å². The predicted octanol–water partition coefficient (Wildman–Crippen LogP) is 4.88. The molecule has 0 radical (unpaired) electrons. The minimum atomic E-state index is -0.339. The van der Waals surface area contributed by atoms with Crippen molar-refractivity contribution in [3.8, 4) is 0 Å². The molecule has 2 aromatic carbocycles. The number of nitrogens with one attached hydrogen (secondary N) is 1. The molecule has 1 aromatic heterocycles. The van der Waals surface area contributed by atoms with Gasteiger partial charge in [-0.3, -0.25) is 14.4 Å². The quantitative estimate of drug-likeness (QED) is 0.557. The van der Waals surface area contributed by atoms with Crippen molar-refractivity contribution in [1.29, 1.82) is 0 Å². The van der Waals surface area contributed by atoms with Crippen LogP contribution in [0.3, 0.4) is 0 Å². The van der Waals surface area contributed by atoms with Crippen molar-refractivity contribution in [2.75, 3.05) is 13.6 Å². The van der Waals surface area contributed by atoms with Gasteiger partial charge in [0.05, 0.1) is 5.69 Å². The van der Waals surface area contributed by atoms with Gasteiger partial charge in [-0.25, -0.2) is 0 Å². The molecule has 0 fully saturated rings. The number of carbonyl (C=O) groups is 1. The first-order valence-electron chi connectivity index (χ1n) is 11.4. The molecule has 0 saturated heterocycles. The molecule has 2 atom stereocenters. The number of benzene rings is 2. The van der Waals surface area contributed by atoms with Gasteiger partial charge in [0.2, 0.25) is 5.91 Å². The van der Waals surface area contributed by atoms with E-state index in [1.165, 1.54) is 16.8 Å². The van der Waals surface area contributed by atoms with Crippen LogP contribution >= 0.6 is 11.6 Å². The van der Waals surface area contributed by atoms with Crippen molar-refractivity contribution < 1.29 is 4.79 Å². The van der Waals surface area contributed by atoms with Crippen LogP contribution in [0.4, 0.5) is 0 Å². The molecule has 6 heteroatoms. The lowest BCUT2D eigenvalue weighted by atomic mass is 9.88. The molecule has 5 nitrogen and oxygen atoms in total. The van der Waals surface area contributed by atoms with Crippen LogP contribution in [-0.2, 0) is 24.2 Å². The van der Waals surface area contributed by atoms with Gasteiger partial charge in [-0.2, -0.15) is 5.10 Å². The molecule has 0 unspecified atom stereocenters. The molecule has 1 aliphatic heterocycles. The Balaban J connectivity index is 1.74. The summed E-state index contributed by atoms with van der Waals surface area (Å²) < 4.78 is 2.13. The fraction of sp³-hybridized carbons (Fsp3) is 0.385. The van der Waals surface area contributed by atoms with E-state index < -0.39 is 0 Å². The highest BCUT2D eigenvalue weighted by atomic mass is 35.5. The third kappa shape index (κ3) is 4.45. The van der Waals surface area contributed by atoms with Gasteiger partial charge >= 0.3 is 0 Å². The third-order valence-electron chi connectivity index (χ3n) is 6.48. The molecule has 168 valence electrons. The van der Waals surface area contributed by atoms with E-state index >= 15 is 0 Å². The van der Waals surface area contributed by atoms with Gasteiger partial charge in [0, 0.05) is 48.9 Å². The molecule has 0 aliphatic carbocycles. The molecule has 0 saturated carbocycles. The van der Waals surface area contributed by atoms with E-state index in [-0.39, 0.29) is 18.0 Å². The maximum absolute atomic E-state index is 13.1. The standard InChI is InChI=1S/C26H31ClN4O/c1-4-31-23-16-17-30(25(26(32)28-3)20-8-6-5-7-9-20)22(24(23)18(2)29-31)15-12-19-10-13-21(27)14-11-19/h5-11,13-14,22,25H,4,12,15-17H2,1-3H3,(H,28,32)/t22-,25+/m0/s1. The molecule has 32 heavy (non-hydrogen) atoms. The van der Waals surface area contributed by atoms with E-state index in [1.807, 2.05) is 42.5 Å². The van der Waals surface area contributed by atoms with Gasteiger partial charge < -0.3 is 5.32 Å². The first kappa shape index (κ1) is 22.6. The number of likely N-dealkylation sites (N-methyl/N-ethyl adjacent to an activating group) is 1. The van der Waals surface area contributed by atoms with Gasteiger partial charge in [0.1, 0.15) is 6.04 Å². The van der Waals surface area contributed by atoms with Crippen molar-refractivity contribution in [2.24, 2.45) is 0 Å². The zero-order valence-corrected chi connectivity index (χ0v) is 19.8. The summed E-state index contributed by atoms with van der Waals surface area (Å²) in [6.07, 6.45) is 2.71. The number of hydrogen-bond donors (Lipinski definition) is 1. The number of carbonyl (C=O) groups excluding carboxylic acids is 1. The maximum atomic E-state index is 13.1. The summed E-state index contributed by atoms with van der Waals surface area (Å²) in [5.74, 6) is 0.0247. The van der Waals surface area contributed by atoms with Crippen LogP contribution in [0.25, 0.3) is 0 Å². The summed E-state index contributed by atoms with van der Waals surface area (Å²) in [5.41, 5.74) is 5.94. The smallest absolute Gasteiger partial charge is 0.241 e. The van der Waals surface area contributed by atoms with Crippen LogP contribution in [-0.4, -0.2) is 34.2 Å². The number of fused-ring (bicyclic) bond motifs is 1. The van der Waals surface area contributed by atoms with Crippen molar-refractivity contribution >= 4 is 17.5 Å². The molecule has 0 bridgehead atoms. The Morgan fingerprint density at radius 2 is 1.91 bits per heavy atom. The van der Waals surface area contributed by atoms with E-state index in [0.29, 0.717) is 0 Å². The Morgan fingerprint density at radius 1 is 1.19 bits per heavy atom. The second-order valence-electron chi connectivity index (χ2n) is 8.36. The highest BCUT2D eigenvalue weighted by Gasteiger charge is 2.38. The van der Waals surface area contributed by atoms with Gasteiger partial charge in [0.25, 0.3) is 0 Å². The summed E-state index contributed by atoms with van der Waals surface area (Å²) in [6, 6.07) is 17.9. The Kier molecular flexibility index (Phi) is 6.97. The van der Waals surface area contributed by atoms with Crippen LogP contribution in [0, 0.1) is 6.92 Å². The molecule has 3 aromatic rings. The van der Waals surface area contributed by atoms with Crippen LogP contribution in [0.15, 0.2) is 54.6 Å². The largest absolute Gasteiger partial charge is 0.358 e. The number of aryl methyl sites for hydroxylation is 3. The van der Waals surface area contributed by atoms with E-state index in [4.69, 9.17) is 16.7 Å². The Hall–Kier alpha value is -2.63. The average molecular weight is 451 g/mol. The first-order valence-corrected chi connectivity index (χ1v) is 11.7. The van der Waals surface area contributed by atoms with Gasteiger partial charge in [-0.05, 0) is 49.9 Å². The topological polar surface area (TPSA) is 50.2 Å². The van der Waals surface area contributed by atoms with Crippen LogP contribution in [0.5, 0.6) is 0 Å². The van der Waals surface area contributed by atoms with Crippen molar-refractivity contribution in [3.63, 3.8) is 0 Å². The number of aromatic nitrogens is 2. The summed E-state index contributed by atoms with van der Waals surface area (Å²) in [6.45, 7) is 5.91. The van der Waals surface area contributed by atoms with Crippen LogP contribution in [0.2, 0.25) is 5.02 Å². The number of nitrogens with zero attached hydrogens (tertiary/aromatic N) is 3. The minimum absolute atomic E-state index is 0.0247. The Morgan fingerprint density at radius 3 is 2.56 bits per heavy atom. The summed E-state index contributed by atoms with van der Waals surface area (Å²) >= 11 is 6.09. The Bertz CT molecular complexity index is 1060. The van der Waals surface area contributed by atoms with Crippen molar-refractivity contribution in [1.82, 2.24) is 20.0 Å². The SMILES string of the molecule is CCn1nc(C)c2c1CCN([C@@H](C(=O)NC)c1ccccc1)[C@H]2CCc1ccc(Cl)cc1. The molecular weight excluding hydrogens is 420 g/mol. The summed E-state index contributed by atoms with van der Waals surface area (Å²) in [5, 5.41) is 8.48. The predicted molar refractivity (Wildman–Crippen MR) is 129 cm³/mol. The average Bonchev–Trinajstić information content (AvgIpc) is 3.15. The van der Waals surface area contributed by atoms with E-state index in [0.717, 1.165) is 48.6 Å². The lowest BCUT2D eigenvalue weighted by Gasteiger charge is -2.41. The second-order valence-corrected chi connectivity index (χ2v) is 8.79. The molecule has 1 amide bonds. The lowest BCUT2D eigenvalue weighted by molar-refractivity contribution is -0.127. The monoisotopic (exact) mass is 450 g/mol. The highest BCUT2D eigenvalue weighted by Crippen LogP contribution is 2.40. The molecule has 1 N–H and O–H groups in total. The second kappa shape index (κ2) is 9.88. The normalized spacial score (nSPS) is 17.1. The van der Waals surface area contributed by atoms with Gasteiger partial charge in [-0.1, -0.05) is 54.1 Å². The van der Waals surface area contributed by atoms with Crippen molar-refractivity contribution in [2.45, 2.75) is 51.7 Å². The molecule has 2 heterocycles. The van der Waals surface area contributed by atoms with E-state index in [2.05, 4.69) is 40.9 Å². The fourth-order valence-electron chi connectivity index (χ4n) is 5.00. The summed E-state index contributed by atoms with van der Waals surface area (Å²) in [4.78, 5) is 15.5. The van der Waals surface area contributed by atoms with Crippen molar-refractivity contribution in [3.05, 3.63) is 87.7 Å². The third-order valence-corrected chi connectivity index (χ3v) is 6.74.